The minimum Gasteiger partial charge on any atom is -0.362 e. The van der Waals surface area contributed by atoms with Gasteiger partial charge in [-0.25, -0.2) is 0 Å². The van der Waals surface area contributed by atoms with Gasteiger partial charge in [-0.1, -0.05) is 37.9 Å². The van der Waals surface area contributed by atoms with E-state index in [2.05, 4.69) is 12.2 Å². The maximum Gasteiger partial charge on any atom is 0.157 e. The zero-order valence-corrected chi connectivity index (χ0v) is 11.6. The SMILES string of the molecule is CCC1CCCCC1NC1=NCC(C2CC2)S1. The predicted molar refractivity (Wildman–Crippen MR) is 75.6 cm³/mol. The van der Waals surface area contributed by atoms with Gasteiger partial charge in [0.1, 0.15) is 0 Å². The van der Waals surface area contributed by atoms with Gasteiger partial charge in [-0.3, -0.25) is 4.99 Å². The first-order valence-electron chi connectivity index (χ1n) is 7.34. The Kier molecular flexibility index (Phi) is 3.64. The van der Waals surface area contributed by atoms with Crippen molar-refractivity contribution in [2.45, 2.75) is 63.2 Å². The number of amidine groups is 1. The van der Waals surface area contributed by atoms with Gasteiger partial charge in [0.2, 0.25) is 0 Å². The van der Waals surface area contributed by atoms with Crippen LogP contribution in [0.4, 0.5) is 0 Å². The van der Waals surface area contributed by atoms with Crippen LogP contribution < -0.4 is 5.32 Å². The van der Waals surface area contributed by atoms with Gasteiger partial charge in [-0.15, -0.1) is 0 Å². The highest BCUT2D eigenvalue weighted by atomic mass is 32.2. The van der Waals surface area contributed by atoms with Crippen molar-refractivity contribution < 1.29 is 0 Å². The summed E-state index contributed by atoms with van der Waals surface area (Å²) in [6, 6.07) is 0.706. The van der Waals surface area contributed by atoms with E-state index in [1.165, 1.54) is 50.1 Å². The van der Waals surface area contributed by atoms with E-state index in [0.29, 0.717) is 6.04 Å². The van der Waals surface area contributed by atoms with Crippen molar-refractivity contribution in [1.82, 2.24) is 5.32 Å². The molecule has 3 atom stereocenters. The smallest absolute Gasteiger partial charge is 0.157 e. The van der Waals surface area contributed by atoms with Crippen LogP contribution >= 0.6 is 11.8 Å². The zero-order valence-electron chi connectivity index (χ0n) is 10.8. The second kappa shape index (κ2) is 5.21. The molecule has 0 aromatic rings. The lowest BCUT2D eigenvalue weighted by Crippen LogP contribution is -2.40. The van der Waals surface area contributed by atoms with Gasteiger partial charge in [-0.2, -0.15) is 0 Å². The molecule has 2 aliphatic carbocycles. The molecule has 0 spiro atoms. The molecule has 1 N–H and O–H groups in total. The van der Waals surface area contributed by atoms with Crippen molar-refractivity contribution in [2.24, 2.45) is 16.8 Å². The van der Waals surface area contributed by atoms with Crippen LogP contribution in [-0.4, -0.2) is 23.0 Å². The lowest BCUT2D eigenvalue weighted by molar-refractivity contribution is 0.281. The Morgan fingerprint density at radius 2 is 2.06 bits per heavy atom. The zero-order chi connectivity index (χ0) is 11.7. The highest BCUT2D eigenvalue weighted by molar-refractivity contribution is 8.14. The van der Waals surface area contributed by atoms with E-state index < -0.39 is 0 Å². The average molecular weight is 252 g/mol. The van der Waals surface area contributed by atoms with Gasteiger partial charge in [0.15, 0.2) is 5.17 Å². The summed E-state index contributed by atoms with van der Waals surface area (Å²) in [5.41, 5.74) is 0. The van der Waals surface area contributed by atoms with Crippen LogP contribution in [0.2, 0.25) is 0 Å². The molecule has 3 aliphatic rings. The number of aliphatic imine (C=N–C) groups is 1. The third kappa shape index (κ3) is 2.81. The van der Waals surface area contributed by atoms with Gasteiger partial charge in [0, 0.05) is 11.3 Å². The first-order valence-corrected chi connectivity index (χ1v) is 8.22. The van der Waals surface area contributed by atoms with Crippen LogP contribution in [-0.2, 0) is 0 Å². The van der Waals surface area contributed by atoms with E-state index in [9.17, 15) is 0 Å². The first-order chi connectivity index (χ1) is 8.36. The van der Waals surface area contributed by atoms with Crippen LogP contribution in [0.3, 0.4) is 0 Å². The fraction of sp³-hybridized carbons (Fsp3) is 0.929. The molecule has 0 saturated heterocycles. The monoisotopic (exact) mass is 252 g/mol. The summed E-state index contributed by atoms with van der Waals surface area (Å²) in [5.74, 6) is 1.86. The first kappa shape index (κ1) is 11.9. The Bertz CT molecular complexity index is 299. The van der Waals surface area contributed by atoms with E-state index in [1.54, 1.807) is 0 Å². The van der Waals surface area contributed by atoms with Crippen molar-refractivity contribution in [3.05, 3.63) is 0 Å². The molecular formula is C14H24N2S. The minimum absolute atomic E-state index is 0.706. The second-order valence-corrected chi connectivity index (χ2v) is 7.07. The Labute approximate surface area is 109 Å². The molecule has 96 valence electrons. The third-order valence-electron chi connectivity index (χ3n) is 4.57. The van der Waals surface area contributed by atoms with Crippen LogP contribution in [0.1, 0.15) is 51.9 Å². The van der Waals surface area contributed by atoms with Gasteiger partial charge in [0.05, 0.1) is 6.54 Å². The predicted octanol–water partition coefficient (Wildman–Crippen LogP) is 3.43. The second-order valence-electron chi connectivity index (χ2n) is 5.84. The molecule has 2 saturated carbocycles. The van der Waals surface area contributed by atoms with E-state index >= 15 is 0 Å². The van der Waals surface area contributed by atoms with Crippen molar-refractivity contribution in [1.29, 1.82) is 0 Å². The molecule has 3 unspecified atom stereocenters. The summed E-state index contributed by atoms with van der Waals surface area (Å²) >= 11 is 2.03. The number of hydrogen-bond acceptors (Lipinski definition) is 3. The van der Waals surface area contributed by atoms with E-state index in [-0.39, 0.29) is 0 Å². The molecule has 1 aliphatic heterocycles. The van der Waals surface area contributed by atoms with Gasteiger partial charge < -0.3 is 5.32 Å². The molecule has 0 bridgehead atoms. The van der Waals surface area contributed by atoms with Crippen molar-refractivity contribution in [3.8, 4) is 0 Å². The molecule has 1 heterocycles. The molecule has 0 amide bonds. The lowest BCUT2D eigenvalue weighted by atomic mass is 9.83. The number of nitrogens with zero attached hydrogens (tertiary/aromatic N) is 1. The third-order valence-corrected chi connectivity index (χ3v) is 5.87. The molecule has 17 heavy (non-hydrogen) atoms. The quantitative estimate of drug-likeness (QED) is 0.832. The largest absolute Gasteiger partial charge is 0.362 e. The maximum absolute atomic E-state index is 4.71. The maximum atomic E-state index is 4.71. The molecule has 2 fully saturated rings. The fourth-order valence-corrected chi connectivity index (χ4v) is 4.50. The average Bonchev–Trinajstić information content (AvgIpc) is 3.11. The molecular weight excluding hydrogens is 228 g/mol. The summed E-state index contributed by atoms with van der Waals surface area (Å²) < 4.78 is 0. The Hall–Kier alpha value is -0.180. The minimum atomic E-state index is 0.706. The normalized spacial score (nSPS) is 37.9. The van der Waals surface area contributed by atoms with Crippen LogP contribution in [0, 0.1) is 11.8 Å². The molecule has 0 radical (unpaired) electrons. The number of hydrogen-bond donors (Lipinski definition) is 1. The summed E-state index contributed by atoms with van der Waals surface area (Å²) in [5, 5.41) is 5.81. The van der Waals surface area contributed by atoms with E-state index in [4.69, 9.17) is 4.99 Å². The molecule has 0 aromatic carbocycles. The summed E-state index contributed by atoms with van der Waals surface area (Å²) in [7, 11) is 0. The van der Waals surface area contributed by atoms with E-state index in [0.717, 1.165) is 23.6 Å². The molecule has 3 heteroatoms. The molecule has 3 rings (SSSR count). The Morgan fingerprint density at radius 1 is 1.24 bits per heavy atom. The van der Waals surface area contributed by atoms with Crippen molar-refractivity contribution in [3.63, 3.8) is 0 Å². The van der Waals surface area contributed by atoms with Gasteiger partial charge in [0.25, 0.3) is 0 Å². The lowest BCUT2D eigenvalue weighted by Gasteiger charge is -2.32. The number of rotatable bonds is 3. The highest BCUT2D eigenvalue weighted by Gasteiger charge is 2.36. The van der Waals surface area contributed by atoms with Crippen LogP contribution in [0.25, 0.3) is 0 Å². The Morgan fingerprint density at radius 3 is 2.82 bits per heavy atom. The number of nitrogens with one attached hydrogen (secondary N) is 1. The van der Waals surface area contributed by atoms with Crippen LogP contribution in [0.15, 0.2) is 4.99 Å². The Balaban J connectivity index is 1.51. The van der Waals surface area contributed by atoms with Crippen molar-refractivity contribution >= 4 is 16.9 Å². The van der Waals surface area contributed by atoms with E-state index in [1.807, 2.05) is 11.8 Å². The molecule has 2 nitrogen and oxygen atoms in total. The van der Waals surface area contributed by atoms with Gasteiger partial charge >= 0.3 is 0 Å². The number of thioether (sulfide) groups is 1. The fourth-order valence-electron chi connectivity index (χ4n) is 3.23. The summed E-state index contributed by atoms with van der Waals surface area (Å²) in [6.07, 6.45) is 9.81. The highest BCUT2D eigenvalue weighted by Crippen LogP contribution is 2.41. The molecule has 0 aromatic heterocycles. The topological polar surface area (TPSA) is 24.4 Å². The van der Waals surface area contributed by atoms with Crippen molar-refractivity contribution in [2.75, 3.05) is 6.54 Å². The summed E-state index contributed by atoms with van der Waals surface area (Å²) in [6.45, 7) is 3.41. The standard InChI is InChI=1S/C14H24N2S/c1-2-10-5-3-4-6-12(10)16-14-15-9-13(17-14)11-7-8-11/h10-13H,2-9H2,1H3,(H,15,16). The summed E-state index contributed by atoms with van der Waals surface area (Å²) in [4.78, 5) is 4.71. The van der Waals surface area contributed by atoms with Gasteiger partial charge in [-0.05, 0) is 37.5 Å². The van der Waals surface area contributed by atoms with Crippen LogP contribution in [0.5, 0.6) is 0 Å².